The van der Waals surface area contributed by atoms with Crippen molar-refractivity contribution in [3.8, 4) is 0 Å². The molecule has 1 aliphatic rings. The minimum Gasteiger partial charge on any atom is -0.335 e. The summed E-state index contributed by atoms with van der Waals surface area (Å²) in [6.45, 7) is 6.39. The average Bonchev–Trinajstić information content (AvgIpc) is 2.60. The van der Waals surface area contributed by atoms with Crippen molar-refractivity contribution >= 4 is 16.8 Å². The van der Waals surface area contributed by atoms with Gasteiger partial charge < -0.3 is 9.88 Å². The normalized spacial score (nSPS) is 15.5. The van der Waals surface area contributed by atoms with Gasteiger partial charge in [-0.15, -0.1) is 0 Å². The van der Waals surface area contributed by atoms with E-state index >= 15 is 0 Å². The van der Waals surface area contributed by atoms with Gasteiger partial charge in [-0.25, -0.2) is 0 Å². The Morgan fingerprint density at radius 2 is 1.88 bits per heavy atom. The van der Waals surface area contributed by atoms with Crippen LogP contribution in [0.25, 0.3) is 10.9 Å². The van der Waals surface area contributed by atoms with E-state index in [0.29, 0.717) is 18.5 Å². The molecule has 0 aliphatic heterocycles. The highest BCUT2D eigenvalue weighted by Gasteiger charge is 2.25. The smallest absolute Gasteiger partial charge is 0.253 e. The van der Waals surface area contributed by atoms with Crippen LogP contribution in [0, 0.1) is 13.8 Å². The van der Waals surface area contributed by atoms with E-state index in [1.165, 1.54) is 24.8 Å². The van der Waals surface area contributed by atoms with Gasteiger partial charge in [-0.05, 0) is 49.8 Å². The Hall–Kier alpha value is -2.10. The van der Waals surface area contributed by atoms with E-state index in [2.05, 4.69) is 24.0 Å². The van der Waals surface area contributed by atoms with Crippen LogP contribution in [-0.2, 0) is 11.3 Å². The fraction of sp³-hybridized carbons (Fsp3) is 0.524. The fourth-order valence-corrected chi connectivity index (χ4v) is 4.05. The molecule has 4 nitrogen and oxygen atoms in total. The van der Waals surface area contributed by atoms with Crippen LogP contribution >= 0.6 is 0 Å². The average molecular weight is 340 g/mol. The summed E-state index contributed by atoms with van der Waals surface area (Å²) >= 11 is 0. The van der Waals surface area contributed by atoms with Crippen LogP contribution in [0.5, 0.6) is 0 Å². The molecule has 1 amide bonds. The van der Waals surface area contributed by atoms with Crippen molar-refractivity contribution in [2.45, 2.75) is 71.9 Å². The second-order valence-corrected chi connectivity index (χ2v) is 7.34. The molecule has 0 radical (unpaired) electrons. The molecule has 1 fully saturated rings. The number of nitrogens with zero attached hydrogens (tertiary/aromatic N) is 1. The molecule has 0 saturated heterocycles. The maximum Gasteiger partial charge on any atom is 0.253 e. The van der Waals surface area contributed by atoms with Crippen LogP contribution in [0.1, 0.15) is 62.1 Å². The van der Waals surface area contributed by atoms with Gasteiger partial charge in [-0.1, -0.05) is 37.8 Å². The number of hydrogen-bond donors (Lipinski definition) is 1. The quantitative estimate of drug-likeness (QED) is 0.906. The Kier molecular flexibility index (Phi) is 5.26. The number of benzene rings is 1. The number of carbonyl (C=O) groups excluding carboxylic acids is 1. The Morgan fingerprint density at radius 1 is 1.16 bits per heavy atom. The van der Waals surface area contributed by atoms with Crippen LogP contribution in [-0.4, -0.2) is 21.8 Å². The van der Waals surface area contributed by atoms with Crippen molar-refractivity contribution in [3.05, 3.63) is 45.2 Å². The number of amides is 1. The van der Waals surface area contributed by atoms with E-state index in [0.717, 1.165) is 29.3 Å². The molecule has 0 atom stereocenters. The molecule has 2 aromatic rings. The summed E-state index contributed by atoms with van der Waals surface area (Å²) in [7, 11) is 0. The lowest BCUT2D eigenvalue weighted by molar-refractivity contribution is -0.134. The first-order chi connectivity index (χ1) is 12.0. The molecular formula is C21H28N2O2. The monoisotopic (exact) mass is 340 g/mol. The van der Waals surface area contributed by atoms with Crippen molar-refractivity contribution in [3.63, 3.8) is 0 Å². The van der Waals surface area contributed by atoms with Gasteiger partial charge in [-0.2, -0.15) is 0 Å². The summed E-state index contributed by atoms with van der Waals surface area (Å²) < 4.78 is 0. The van der Waals surface area contributed by atoms with Crippen molar-refractivity contribution in [1.82, 2.24) is 9.88 Å². The highest BCUT2D eigenvalue weighted by molar-refractivity contribution is 5.83. The molecule has 0 unspecified atom stereocenters. The number of pyridine rings is 1. The van der Waals surface area contributed by atoms with Gasteiger partial charge in [0.25, 0.3) is 5.56 Å². The zero-order valence-corrected chi connectivity index (χ0v) is 15.5. The predicted octanol–water partition coefficient (Wildman–Crippen LogP) is 4.22. The van der Waals surface area contributed by atoms with Gasteiger partial charge in [0.1, 0.15) is 0 Å². The first-order valence-electron chi connectivity index (χ1n) is 9.42. The second kappa shape index (κ2) is 7.42. The zero-order valence-electron chi connectivity index (χ0n) is 15.5. The third-order valence-electron chi connectivity index (χ3n) is 5.35. The number of fused-ring (bicyclic) bond motifs is 1. The molecule has 134 valence electrons. The lowest BCUT2D eigenvalue weighted by Crippen LogP contribution is -2.41. The Bertz CT molecular complexity index is 832. The molecule has 1 aromatic carbocycles. The predicted molar refractivity (Wildman–Crippen MR) is 102 cm³/mol. The van der Waals surface area contributed by atoms with Crippen LogP contribution in [0.15, 0.2) is 23.0 Å². The molecular weight excluding hydrogens is 312 g/mol. The minimum atomic E-state index is -0.0795. The van der Waals surface area contributed by atoms with E-state index in [1.807, 2.05) is 24.8 Å². The number of carbonyl (C=O) groups is 1. The Morgan fingerprint density at radius 3 is 2.56 bits per heavy atom. The van der Waals surface area contributed by atoms with E-state index in [-0.39, 0.29) is 17.5 Å². The maximum atomic E-state index is 12.6. The molecule has 1 heterocycles. The summed E-state index contributed by atoms with van der Waals surface area (Å²) in [6.07, 6.45) is 6.18. The lowest BCUT2D eigenvalue weighted by Gasteiger charge is -2.34. The molecule has 3 rings (SSSR count). The number of nitrogens with one attached hydrogen (secondary N) is 1. The van der Waals surface area contributed by atoms with Crippen molar-refractivity contribution in [2.75, 3.05) is 0 Å². The molecule has 0 spiro atoms. The SMILES string of the molecule is CCC(=O)N(Cc1cc2cc(C)cc(C)c2[nH]c1=O)C1CCCCC1. The third kappa shape index (κ3) is 3.78. The van der Waals surface area contributed by atoms with Gasteiger partial charge in [-0.3, -0.25) is 9.59 Å². The van der Waals surface area contributed by atoms with Crippen molar-refractivity contribution in [1.29, 1.82) is 0 Å². The van der Waals surface area contributed by atoms with E-state index in [4.69, 9.17) is 0 Å². The number of H-pyrrole nitrogens is 1. The van der Waals surface area contributed by atoms with Crippen LogP contribution < -0.4 is 5.56 Å². The molecule has 1 aromatic heterocycles. The van der Waals surface area contributed by atoms with Crippen LogP contribution in [0.3, 0.4) is 0 Å². The highest BCUT2D eigenvalue weighted by Crippen LogP contribution is 2.25. The number of aromatic amines is 1. The van der Waals surface area contributed by atoms with Gasteiger partial charge in [0, 0.05) is 18.0 Å². The van der Waals surface area contributed by atoms with Crippen molar-refractivity contribution in [2.24, 2.45) is 0 Å². The van der Waals surface area contributed by atoms with Gasteiger partial charge >= 0.3 is 0 Å². The van der Waals surface area contributed by atoms with Gasteiger partial charge in [0.05, 0.1) is 12.1 Å². The number of rotatable bonds is 4. The second-order valence-electron chi connectivity index (χ2n) is 7.34. The van der Waals surface area contributed by atoms with Crippen molar-refractivity contribution < 1.29 is 4.79 Å². The molecule has 1 saturated carbocycles. The van der Waals surface area contributed by atoms with E-state index in [9.17, 15) is 9.59 Å². The summed E-state index contributed by atoms with van der Waals surface area (Å²) in [4.78, 5) is 30.1. The highest BCUT2D eigenvalue weighted by atomic mass is 16.2. The molecule has 1 aliphatic carbocycles. The number of aryl methyl sites for hydroxylation is 2. The Labute approximate surface area is 149 Å². The lowest BCUT2D eigenvalue weighted by atomic mass is 9.93. The largest absolute Gasteiger partial charge is 0.335 e. The van der Waals surface area contributed by atoms with Gasteiger partial charge in [0.2, 0.25) is 5.91 Å². The maximum absolute atomic E-state index is 12.6. The molecule has 4 heteroatoms. The van der Waals surface area contributed by atoms with Crippen LogP contribution in [0.4, 0.5) is 0 Å². The topological polar surface area (TPSA) is 53.2 Å². The molecule has 0 bridgehead atoms. The van der Waals surface area contributed by atoms with Gasteiger partial charge in [0.15, 0.2) is 0 Å². The number of aromatic nitrogens is 1. The summed E-state index contributed by atoms with van der Waals surface area (Å²) in [5, 5.41) is 1.04. The standard InChI is InChI=1S/C21H28N2O2/c1-4-19(24)23(18-8-6-5-7-9-18)13-17-12-16-11-14(2)10-15(3)20(16)22-21(17)25/h10-12,18H,4-9,13H2,1-3H3,(H,22,25). The first kappa shape index (κ1) is 17.7. The first-order valence-corrected chi connectivity index (χ1v) is 9.42. The van der Waals surface area contributed by atoms with Crippen LogP contribution in [0.2, 0.25) is 0 Å². The fourth-order valence-electron chi connectivity index (χ4n) is 4.05. The molecule has 1 N–H and O–H groups in total. The van der Waals surface area contributed by atoms with E-state index < -0.39 is 0 Å². The number of hydrogen-bond acceptors (Lipinski definition) is 2. The zero-order chi connectivity index (χ0) is 18.0. The summed E-state index contributed by atoms with van der Waals surface area (Å²) in [5.74, 6) is 0.145. The van der Waals surface area contributed by atoms with E-state index in [1.54, 1.807) is 0 Å². The molecule has 25 heavy (non-hydrogen) atoms. The third-order valence-corrected chi connectivity index (χ3v) is 5.35. The summed E-state index contributed by atoms with van der Waals surface area (Å²) in [5.41, 5.74) is 3.75. The summed E-state index contributed by atoms with van der Waals surface area (Å²) in [6, 6.07) is 6.41. The Balaban J connectivity index is 1.97. The minimum absolute atomic E-state index is 0.0795.